The predicted octanol–water partition coefficient (Wildman–Crippen LogP) is 1.70. The molecule has 1 amide bonds. The fraction of sp³-hybridized carbons (Fsp3) is 0.467. The molecule has 112 valence electrons. The maximum Gasteiger partial charge on any atom is 0.409 e. The second-order valence-corrected chi connectivity index (χ2v) is 5.03. The summed E-state index contributed by atoms with van der Waals surface area (Å²) < 4.78 is 4.65. The Bertz CT molecular complexity index is 522. The first-order valence-electron chi connectivity index (χ1n) is 6.90. The fourth-order valence-electron chi connectivity index (χ4n) is 2.46. The van der Waals surface area contributed by atoms with Crippen LogP contribution in [0.1, 0.15) is 29.6 Å². The molecular formula is C15H18N2O4. The summed E-state index contributed by atoms with van der Waals surface area (Å²) >= 11 is 0. The van der Waals surface area contributed by atoms with Crippen molar-refractivity contribution in [2.45, 2.75) is 19.3 Å². The van der Waals surface area contributed by atoms with E-state index in [-0.39, 0.29) is 30.0 Å². The number of piperidine rings is 1. The highest BCUT2D eigenvalue weighted by Crippen LogP contribution is 2.20. The van der Waals surface area contributed by atoms with E-state index in [0.717, 1.165) is 0 Å². The highest BCUT2D eigenvalue weighted by molar-refractivity contribution is 6.08. The number of rotatable bonds is 4. The minimum atomic E-state index is -0.367. The van der Waals surface area contributed by atoms with Crippen molar-refractivity contribution in [1.82, 2.24) is 9.88 Å². The van der Waals surface area contributed by atoms with Crippen LogP contribution in [-0.2, 0) is 9.53 Å². The molecule has 0 atom stereocenters. The number of hydrogen-bond donors (Lipinski definition) is 0. The van der Waals surface area contributed by atoms with Crippen LogP contribution >= 0.6 is 0 Å². The van der Waals surface area contributed by atoms with E-state index in [0.29, 0.717) is 31.5 Å². The molecular weight excluding hydrogens is 272 g/mol. The monoisotopic (exact) mass is 290 g/mol. The third-order valence-corrected chi connectivity index (χ3v) is 3.72. The Hall–Kier alpha value is -2.24. The van der Waals surface area contributed by atoms with Gasteiger partial charge in [0.05, 0.1) is 13.5 Å². The molecule has 0 aliphatic carbocycles. The van der Waals surface area contributed by atoms with E-state index in [1.165, 1.54) is 19.5 Å². The van der Waals surface area contributed by atoms with Crippen molar-refractivity contribution in [1.29, 1.82) is 0 Å². The third-order valence-electron chi connectivity index (χ3n) is 3.72. The number of likely N-dealkylation sites (tertiary alicyclic amines) is 1. The van der Waals surface area contributed by atoms with Crippen molar-refractivity contribution in [3.05, 3.63) is 30.1 Å². The molecule has 0 bridgehead atoms. The van der Waals surface area contributed by atoms with Crippen LogP contribution < -0.4 is 0 Å². The number of pyridine rings is 1. The average molecular weight is 290 g/mol. The molecule has 0 unspecified atom stereocenters. The van der Waals surface area contributed by atoms with E-state index >= 15 is 0 Å². The Kier molecular flexibility index (Phi) is 5.03. The second-order valence-electron chi connectivity index (χ2n) is 5.03. The summed E-state index contributed by atoms with van der Waals surface area (Å²) in [6.45, 7) is 0.985. The number of aromatic nitrogens is 1. The van der Waals surface area contributed by atoms with E-state index in [2.05, 4.69) is 9.72 Å². The van der Waals surface area contributed by atoms with Crippen molar-refractivity contribution in [3.63, 3.8) is 0 Å². The number of Topliss-reactive ketones (excluding diaryl/α,β-unsaturated/α-hetero) is 2. The van der Waals surface area contributed by atoms with Crippen molar-refractivity contribution < 1.29 is 19.1 Å². The highest BCUT2D eigenvalue weighted by Gasteiger charge is 2.28. The van der Waals surface area contributed by atoms with Crippen LogP contribution in [0.3, 0.4) is 0 Å². The van der Waals surface area contributed by atoms with E-state index in [4.69, 9.17) is 0 Å². The van der Waals surface area contributed by atoms with Gasteiger partial charge in [0.2, 0.25) is 0 Å². The summed E-state index contributed by atoms with van der Waals surface area (Å²) in [5.41, 5.74) is 0.505. The first kappa shape index (κ1) is 15.2. The molecule has 0 aromatic carbocycles. The molecule has 1 aliphatic heterocycles. The van der Waals surface area contributed by atoms with Gasteiger partial charge in [0.1, 0.15) is 5.78 Å². The normalized spacial score (nSPS) is 15.6. The van der Waals surface area contributed by atoms with E-state index in [1.54, 1.807) is 17.0 Å². The van der Waals surface area contributed by atoms with E-state index in [9.17, 15) is 14.4 Å². The van der Waals surface area contributed by atoms with Gasteiger partial charge in [-0.05, 0) is 25.0 Å². The van der Waals surface area contributed by atoms with Gasteiger partial charge in [-0.25, -0.2) is 4.79 Å². The predicted molar refractivity (Wildman–Crippen MR) is 74.9 cm³/mol. The van der Waals surface area contributed by atoms with Gasteiger partial charge in [0.25, 0.3) is 0 Å². The number of methoxy groups -OCH3 is 1. The molecule has 21 heavy (non-hydrogen) atoms. The number of amides is 1. The summed E-state index contributed by atoms with van der Waals surface area (Å²) in [6.07, 6.45) is 3.77. The molecule has 2 rings (SSSR count). The largest absolute Gasteiger partial charge is 0.453 e. The summed E-state index contributed by atoms with van der Waals surface area (Å²) in [6, 6.07) is 3.21. The van der Waals surface area contributed by atoms with Gasteiger partial charge in [-0.1, -0.05) is 0 Å². The van der Waals surface area contributed by atoms with Crippen molar-refractivity contribution >= 4 is 17.7 Å². The van der Waals surface area contributed by atoms with Crippen LogP contribution in [0.4, 0.5) is 4.79 Å². The molecule has 6 heteroatoms. The van der Waals surface area contributed by atoms with Gasteiger partial charge < -0.3 is 9.64 Å². The summed E-state index contributed by atoms with van der Waals surface area (Å²) in [5.74, 6) is -0.393. The molecule has 0 saturated carbocycles. The molecule has 6 nitrogen and oxygen atoms in total. The second kappa shape index (κ2) is 6.97. The summed E-state index contributed by atoms with van der Waals surface area (Å²) in [5, 5.41) is 0. The standard InChI is InChI=1S/C15H18N2O4/c1-21-15(20)17-8-4-12(5-9-17)14(19)10-13(18)11-2-6-16-7-3-11/h2-3,6-7,12H,4-5,8-10H2,1H3. The Morgan fingerprint density at radius 2 is 1.86 bits per heavy atom. The lowest BCUT2D eigenvalue weighted by molar-refractivity contribution is -0.123. The molecule has 0 radical (unpaired) electrons. The Labute approximate surface area is 123 Å². The van der Waals surface area contributed by atoms with Crippen LogP contribution in [0.2, 0.25) is 0 Å². The zero-order valence-electron chi connectivity index (χ0n) is 11.9. The Morgan fingerprint density at radius 3 is 2.43 bits per heavy atom. The van der Waals surface area contributed by atoms with Gasteiger partial charge in [-0.2, -0.15) is 0 Å². The van der Waals surface area contributed by atoms with Crippen LogP contribution in [0.15, 0.2) is 24.5 Å². The van der Waals surface area contributed by atoms with Crippen molar-refractivity contribution in [3.8, 4) is 0 Å². The molecule has 2 heterocycles. The minimum absolute atomic E-state index is 0.0543. The number of ether oxygens (including phenoxy) is 1. The lowest BCUT2D eigenvalue weighted by atomic mass is 9.89. The number of ketones is 2. The topological polar surface area (TPSA) is 76.6 Å². The minimum Gasteiger partial charge on any atom is -0.453 e. The van der Waals surface area contributed by atoms with Crippen molar-refractivity contribution in [2.24, 2.45) is 5.92 Å². The smallest absolute Gasteiger partial charge is 0.409 e. The first-order valence-corrected chi connectivity index (χ1v) is 6.90. The summed E-state index contributed by atoms with van der Waals surface area (Å²) in [7, 11) is 1.34. The van der Waals surface area contributed by atoms with E-state index < -0.39 is 0 Å². The first-order chi connectivity index (χ1) is 10.1. The van der Waals surface area contributed by atoms with Gasteiger partial charge in [0.15, 0.2) is 5.78 Å². The highest BCUT2D eigenvalue weighted by atomic mass is 16.5. The molecule has 1 saturated heterocycles. The van der Waals surface area contributed by atoms with Crippen LogP contribution in [0, 0.1) is 5.92 Å². The number of nitrogens with zero attached hydrogens (tertiary/aromatic N) is 2. The average Bonchev–Trinajstić information content (AvgIpc) is 2.55. The van der Waals surface area contributed by atoms with Crippen molar-refractivity contribution in [2.75, 3.05) is 20.2 Å². The maximum absolute atomic E-state index is 12.2. The number of carbonyl (C=O) groups is 3. The molecule has 0 spiro atoms. The Morgan fingerprint density at radius 1 is 1.24 bits per heavy atom. The molecule has 1 aromatic rings. The zero-order chi connectivity index (χ0) is 15.2. The van der Waals surface area contributed by atoms with Gasteiger partial charge in [-0.15, -0.1) is 0 Å². The SMILES string of the molecule is COC(=O)N1CCC(C(=O)CC(=O)c2ccncc2)CC1. The third kappa shape index (κ3) is 3.87. The fourth-order valence-corrected chi connectivity index (χ4v) is 2.46. The lowest BCUT2D eigenvalue weighted by Gasteiger charge is -2.30. The van der Waals surface area contributed by atoms with Gasteiger partial charge in [0, 0.05) is 37.0 Å². The number of carbonyl (C=O) groups excluding carboxylic acids is 3. The quantitative estimate of drug-likeness (QED) is 0.623. The maximum atomic E-state index is 12.2. The van der Waals surface area contributed by atoms with Gasteiger partial charge in [-0.3, -0.25) is 14.6 Å². The molecule has 1 fully saturated rings. The van der Waals surface area contributed by atoms with E-state index in [1.807, 2.05) is 0 Å². The van der Waals surface area contributed by atoms with Gasteiger partial charge >= 0.3 is 6.09 Å². The molecule has 1 aromatic heterocycles. The number of hydrogen-bond acceptors (Lipinski definition) is 5. The summed E-state index contributed by atoms with van der Waals surface area (Å²) in [4.78, 5) is 40.9. The van der Waals surface area contributed by atoms with Crippen LogP contribution in [0.25, 0.3) is 0 Å². The van der Waals surface area contributed by atoms with Crippen LogP contribution in [-0.4, -0.2) is 47.7 Å². The lowest BCUT2D eigenvalue weighted by Crippen LogP contribution is -2.40. The molecule has 1 aliphatic rings. The Balaban J connectivity index is 1.85. The zero-order valence-corrected chi connectivity index (χ0v) is 11.9. The van der Waals surface area contributed by atoms with Crippen LogP contribution in [0.5, 0.6) is 0 Å². The molecule has 0 N–H and O–H groups in total.